The number of nitrogens with two attached hydrogens (primary N) is 1. The number of hydrogen-bond donors (Lipinski definition) is 2. The molecule has 0 saturated carbocycles. The minimum absolute atomic E-state index is 0.273. The molecule has 0 aliphatic carbocycles. The van der Waals surface area contributed by atoms with E-state index >= 15 is 0 Å². The Balaban J connectivity index is 2.38. The second kappa shape index (κ2) is 5.32. The SMILES string of the molecule is Cc1ccc(C)c(Nc2nc(C)cc(C(N)=S)n2)c1. The van der Waals surface area contributed by atoms with Crippen LogP contribution in [0, 0.1) is 20.8 Å². The summed E-state index contributed by atoms with van der Waals surface area (Å²) < 4.78 is 0. The Kier molecular flexibility index (Phi) is 3.76. The van der Waals surface area contributed by atoms with Crippen molar-refractivity contribution in [1.82, 2.24) is 9.97 Å². The predicted octanol–water partition coefficient (Wildman–Crippen LogP) is 2.78. The number of benzene rings is 1. The molecule has 0 radical (unpaired) electrons. The maximum atomic E-state index is 5.61. The van der Waals surface area contributed by atoms with E-state index in [1.807, 2.05) is 20.8 Å². The van der Waals surface area contributed by atoms with E-state index in [4.69, 9.17) is 18.0 Å². The molecule has 0 bridgehead atoms. The lowest BCUT2D eigenvalue weighted by molar-refractivity contribution is 1.09. The van der Waals surface area contributed by atoms with Crippen LogP contribution < -0.4 is 11.1 Å². The molecule has 0 unspecified atom stereocenters. The molecule has 5 heteroatoms. The first-order valence-electron chi connectivity index (χ1n) is 5.95. The van der Waals surface area contributed by atoms with Crippen LogP contribution in [0.4, 0.5) is 11.6 Å². The fourth-order valence-corrected chi connectivity index (χ4v) is 1.85. The molecule has 0 fully saturated rings. The summed E-state index contributed by atoms with van der Waals surface area (Å²) in [6.45, 7) is 5.96. The molecule has 0 aliphatic heterocycles. The number of nitrogens with one attached hydrogen (secondary N) is 1. The van der Waals surface area contributed by atoms with Gasteiger partial charge in [0.1, 0.15) is 10.7 Å². The molecule has 2 rings (SSSR count). The van der Waals surface area contributed by atoms with Gasteiger partial charge in [0.15, 0.2) is 0 Å². The Hall–Kier alpha value is -2.01. The van der Waals surface area contributed by atoms with Crippen LogP contribution in [-0.2, 0) is 0 Å². The number of anilines is 2. The molecule has 0 saturated heterocycles. The van der Waals surface area contributed by atoms with Crippen molar-refractivity contribution in [3.05, 3.63) is 46.8 Å². The van der Waals surface area contributed by atoms with Gasteiger partial charge >= 0.3 is 0 Å². The van der Waals surface area contributed by atoms with Crippen LogP contribution in [0.3, 0.4) is 0 Å². The van der Waals surface area contributed by atoms with Gasteiger partial charge in [-0.3, -0.25) is 0 Å². The van der Waals surface area contributed by atoms with Crippen molar-refractivity contribution in [3.63, 3.8) is 0 Å². The first-order valence-corrected chi connectivity index (χ1v) is 6.36. The van der Waals surface area contributed by atoms with Crippen molar-refractivity contribution in [3.8, 4) is 0 Å². The third kappa shape index (κ3) is 3.26. The van der Waals surface area contributed by atoms with Gasteiger partial charge in [-0.05, 0) is 44.0 Å². The molecule has 98 valence electrons. The van der Waals surface area contributed by atoms with Gasteiger partial charge in [-0.2, -0.15) is 0 Å². The Bertz CT molecular complexity index is 637. The average Bonchev–Trinajstić information content (AvgIpc) is 2.33. The summed E-state index contributed by atoms with van der Waals surface area (Å²) in [5, 5.41) is 3.21. The quantitative estimate of drug-likeness (QED) is 0.841. The maximum Gasteiger partial charge on any atom is 0.228 e. The third-order valence-electron chi connectivity index (χ3n) is 2.75. The number of hydrogen-bond acceptors (Lipinski definition) is 4. The molecule has 1 aromatic heterocycles. The van der Waals surface area contributed by atoms with E-state index in [-0.39, 0.29) is 4.99 Å². The van der Waals surface area contributed by atoms with Crippen molar-refractivity contribution < 1.29 is 0 Å². The Morgan fingerprint density at radius 3 is 2.58 bits per heavy atom. The van der Waals surface area contributed by atoms with E-state index in [9.17, 15) is 0 Å². The number of nitrogens with zero attached hydrogens (tertiary/aromatic N) is 2. The van der Waals surface area contributed by atoms with Crippen molar-refractivity contribution in [2.24, 2.45) is 5.73 Å². The van der Waals surface area contributed by atoms with Crippen LogP contribution in [0.2, 0.25) is 0 Å². The zero-order valence-corrected chi connectivity index (χ0v) is 12.0. The Morgan fingerprint density at radius 1 is 1.16 bits per heavy atom. The van der Waals surface area contributed by atoms with Gasteiger partial charge in [0.25, 0.3) is 0 Å². The maximum absolute atomic E-state index is 5.61. The molecule has 0 atom stereocenters. The smallest absolute Gasteiger partial charge is 0.228 e. The van der Waals surface area contributed by atoms with E-state index in [2.05, 4.69) is 33.5 Å². The van der Waals surface area contributed by atoms with Crippen LogP contribution in [0.5, 0.6) is 0 Å². The molecule has 3 N–H and O–H groups in total. The summed E-state index contributed by atoms with van der Waals surface area (Å²) in [4.78, 5) is 8.93. The first-order chi connectivity index (χ1) is 8.95. The van der Waals surface area contributed by atoms with Gasteiger partial charge in [0.05, 0.1) is 0 Å². The summed E-state index contributed by atoms with van der Waals surface area (Å²) in [6.07, 6.45) is 0. The van der Waals surface area contributed by atoms with Gasteiger partial charge in [0.2, 0.25) is 5.95 Å². The van der Waals surface area contributed by atoms with Crippen molar-refractivity contribution >= 4 is 28.8 Å². The van der Waals surface area contributed by atoms with Crippen LogP contribution >= 0.6 is 12.2 Å². The molecular formula is C14H16N4S. The van der Waals surface area contributed by atoms with Gasteiger partial charge in [-0.1, -0.05) is 24.4 Å². The molecule has 1 aromatic carbocycles. The normalized spacial score (nSPS) is 10.3. The summed E-state index contributed by atoms with van der Waals surface area (Å²) in [5.74, 6) is 0.511. The van der Waals surface area contributed by atoms with Gasteiger partial charge < -0.3 is 11.1 Å². The lowest BCUT2D eigenvalue weighted by Crippen LogP contribution is -2.14. The van der Waals surface area contributed by atoms with Crippen LogP contribution in [0.25, 0.3) is 0 Å². The highest BCUT2D eigenvalue weighted by Crippen LogP contribution is 2.20. The van der Waals surface area contributed by atoms with E-state index in [1.165, 1.54) is 5.56 Å². The summed E-state index contributed by atoms with van der Waals surface area (Å²) >= 11 is 4.95. The number of aryl methyl sites for hydroxylation is 3. The minimum atomic E-state index is 0.273. The van der Waals surface area contributed by atoms with Crippen molar-refractivity contribution in [1.29, 1.82) is 0 Å². The van der Waals surface area contributed by atoms with E-state index in [1.54, 1.807) is 6.07 Å². The van der Waals surface area contributed by atoms with E-state index < -0.39 is 0 Å². The highest BCUT2D eigenvalue weighted by molar-refractivity contribution is 7.80. The predicted molar refractivity (Wildman–Crippen MR) is 81.9 cm³/mol. The van der Waals surface area contributed by atoms with Crippen LogP contribution in [-0.4, -0.2) is 15.0 Å². The van der Waals surface area contributed by atoms with E-state index in [0.29, 0.717) is 11.6 Å². The summed E-state index contributed by atoms with van der Waals surface area (Å²) in [5.41, 5.74) is 10.3. The third-order valence-corrected chi connectivity index (χ3v) is 2.96. The lowest BCUT2D eigenvalue weighted by Gasteiger charge is -2.10. The molecule has 2 aromatic rings. The number of rotatable bonds is 3. The first kappa shape index (κ1) is 13.4. The minimum Gasteiger partial charge on any atom is -0.388 e. The fourth-order valence-electron chi connectivity index (χ4n) is 1.74. The molecule has 0 spiro atoms. The fraction of sp³-hybridized carbons (Fsp3) is 0.214. The summed E-state index contributed by atoms with van der Waals surface area (Å²) in [6, 6.07) is 7.96. The topological polar surface area (TPSA) is 63.8 Å². The molecule has 1 heterocycles. The lowest BCUT2D eigenvalue weighted by atomic mass is 10.1. The van der Waals surface area contributed by atoms with Crippen LogP contribution in [0.15, 0.2) is 24.3 Å². The van der Waals surface area contributed by atoms with Crippen LogP contribution in [0.1, 0.15) is 22.5 Å². The highest BCUT2D eigenvalue weighted by Gasteiger charge is 2.06. The van der Waals surface area contributed by atoms with E-state index in [0.717, 1.165) is 16.9 Å². The molecule has 0 aliphatic rings. The number of aromatic nitrogens is 2. The summed E-state index contributed by atoms with van der Waals surface area (Å²) in [7, 11) is 0. The Labute approximate surface area is 118 Å². The van der Waals surface area contributed by atoms with Gasteiger partial charge in [-0.25, -0.2) is 9.97 Å². The monoisotopic (exact) mass is 272 g/mol. The second-order valence-corrected chi connectivity index (χ2v) is 4.97. The average molecular weight is 272 g/mol. The Morgan fingerprint density at radius 2 is 1.89 bits per heavy atom. The molecular weight excluding hydrogens is 256 g/mol. The molecule has 4 nitrogen and oxygen atoms in total. The van der Waals surface area contributed by atoms with Crippen molar-refractivity contribution in [2.75, 3.05) is 5.32 Å². The molecule has 19 heavy (non-hydrogen) atoms. The van der Waals surface area contributed by atoms with Gasteiger partial charge in [0, 0.05) is 11.4 Å². The van der Waals surface area contributed by atoms with Gasteiger partial charge in [-0.15, -0.1) is 0 Å². The zero-order chi connectivity index (χ0) is 14.0. The highest BCUT2D eigenvalue weighted by atomic mass is 32.1. The number of thiocarbonyl (C=S) groups is 1. The largest absolute Gasteiger partial charge is 0.388 e. The standard InChI is InChI=1S/C14H16N4S/c1-8-4-5-9(2)11(6-8)17-14-16-10(3)7-12(18-14)13(15)19/h4-7H,1-3H3,(H2,15,19)(H,16,17,18). The van der Waals surface area contributed by atoms with Crippen molar-refractivity contribution in [2.45, 2.75) is 20.8 Å². The molecule has 0 amide bonds. The zero-order valence-electron chi connectivity index (χ0n) is 11.2. The second-order valence-electron chi connectivity index (χ2n) is 4.53.